The van der Waals surface area contributed by atoms with Crippen molar-refractivity contribution >= 4 is 5.91 Å². The summed E-state index contributed by atoms with van der Waals surface area (Å²) in [5.74, 6) is 0.0439. The number of carbonyl (C=O) groups excluding carboxylic acids is 1. The SMILES string of the molecule is CC1(CN)CCN(C(=O)c2cncc(-c3ccccc3)c2)C1. The summed E-state index contributed by atoms with van der Waals surface area (Å²) in [5.41, 5.74) is 8.53. The van der Waals surface area contributed by atoms with Gasteiger partial charge < -0.3 is 10.6 Å². The first kappa shape index (κ1) is 14.7. The molecule has 1 amide bonds. The van der Waals surface area contributed by atoms with Crippen LogP contribution in [0.2, 0.25) is 0 Å². The van der Waals surface area contributed by atoms with Crippen molar-refractivity contribution in [2.75, 3.05) is 19.6 Å². The number of carbonyl (C=O) groups is 1. The zero-order chi connectivity index (χ0) is 15.6. The Balaban J connectivity index is 1.83. The lowest BCUT2D eigenvalue weighted by atomic mass is 9.90. The van der Waals surface area contributed by atoms with Crippen LogP contribution in [0.15, 0.2) is 48.8 Å². The predicted molar refractivity (Wildman–Crippen MR) is 87.4 cm³/mol. The fourth-order valence-electron chi connectivity index (χ4n) is 2.89. The summed E-state index contributed by atoms with van der Waals surface area (Å²) in [6, 6.07) is 11.9. The second-order valence-electron chi connectivity index (χ2n) is 6.32. The summed E-state index contributed by atoms with van der Waals surface area (Å²) in [6.45, 7) is 4.23. The highest BCUT2D eigenvalue weighted by Crippen LogP contribution is 2.29. The molecule has 0 spiro atoms. The Morgan fingerprint density at radius 1 is 1.27 bits per heavy atom. The molecule has 1 aliphatic rings. The molecule has 2 heterocycles. The Hall–Kier alpha value is -2.20. The van der Waals surface area contributed by atoms with E-state index in [2.05, 4.69) is 11.9 Å². The van der Waals surface area contributed by atoms with Gasteiger partial charge in [0, 0.05) is 31.0 Å². The maximum Gasteiger partial charge on any atom is 0.255 e. The third kappa shape index (κ3) is 2.88. The molecule has 1 saturated heterocycles. The largest absolute Gasteiger partial charge is 0.338 e. The van der Waals surface area contributed by atoms with Crippen LogP contribution in [0.5, 0.6) is 0 Å². The molecular weight excluding hydrogens is 274 g/mol. The van der Waals surface area contributed by atoms with Gasteiger partial charge in [-0.25, -0.2) is 0 Å². The minimum absolute atomic E-state index is 0.0418. The van der Waals surface area contributed by atoms with Crippen molar-refractivity contribution in [2.45, 2.75) is 13.3 Å². The van der Waals surface area contributed by atoms with Crippen molar-refractivity contribution in [1.29, 1.82) is 0 Å². The molecule has 2 aromatic rings. The molecule has 0 radical (unpaired) electrons. The Kier molecular flexibility index (Phi) is 3.94. The van der Waals surface area contributed by atoms with Gasteiger partial charge in [0.05, 0.1) is 5.56 Å². The van der Waals surface area contributed by atoms with Crippen LogP contribution >= 0.6 is 0 Å². The molecule has 1 aliphatic heterocycles. The van der Waals surface area contributed by atoms with Crippen molar-refractivity contribution in [3.05, 3.63) is 54.4 Å². The van der Waals surface area contributed by atoms with Crippen molar-refractivity contribution < 1.29 is 4.79 Å². The Morgan fingerprint density at radius 2 is 2.05 bits per heavy atom. The molecular formula is C18H21N3O. The van der Waals surface area contributed by atoms with Crippen LogP contribution in [0.4, 0.5) is 0 Å². The van der Waals surface area contributed by atoms with Crippen LogP contribution in [-0.4, -0.2) is 35.4 Å². The fraction of sp³-hybridized carbons (Fsp3) is 0.333. The highest BCUT2D eigenvalue weighted by molar-refractivity contribution is 5.95. The van der Waals surface area contributed by atoms with Gasteiger partial charge in [-0.3, -0.25) is 9.78 Å². The summed E-state index contributed by atoms with van der Waals surface area (Å²) in [5, 5.41) is 0. The summed E-state index contributed by atoms with van der Waals surface area (Å²) < 4.78 is 0. The van der Waals surface area contributed by atoms with Gasteiger partial charge in [0.2, 0.25) is 0 Å². The third-order valence-corrected chi connectivity index (χ3v) is 4.43. The Labute approximate surface area is 131 Å². The van der Waals surface area contributed by atoms with Gasteiger partial charge in [0.15, 0.2) is 0 Å². The predicted octanol–water partition coefficient (Wildman–Crippen LogP) is 2.56. The summed E-state index contributed by atoms with van der Waals surface area (Å²) in [4.78, 5) is 18.8. The average Bonchev–Trinajstić information content (AvgIpc) is 2.98. The van der Waals surface area contributed by atoms with Crippen molar-refractivity contribution in [2.24, 2.45) is 11.1 Å². The van der Waals surface area contributed by atoms with E-state index in [0.29, 0.717) is 12.1 Å². The Bertz CT molecular complexity index is 671. The second-order valence-corrected chi connectivity index (χ2v) is 6.32. The van der Waals surface area contributed by atoms with Crippen molar-refractivity contribution in [3.63, 3.8) is 0 Å². The molecule has 1 aromatic heterocycles. The molecule has 3 rings (SSSR count). The number of hydrogen-bond acceptors (Lipinski definition) is 3. The molecule has 2 N–H and O–H groups in total. The number of nitrogens with two attached hydrogens (primary N) is 1. The minimum Gasteiger partial charge on any atom is -0.338 e. The van der Waals surface area contributed by atoms with Gasteiger partial charge in [-0.05, 0) is 30.0 Å². The molecule has 0 saturated carbocycles. The normalized spacial score (nSPS) is 21.1. The van der Waals surface area contributed by atoms with E-state index >= 15 is 0 Å². The van der Waals surface area contributed by atoms with E-state index in [1.54, 1.807) is 12.4 Å². The first-order valence-corrected chi connectivity index (χ1v) is 7.61. The van der Waals surface area contributed by atoms with Crippen LogP contribution in [0, 0.1) is 5.41 Å². The first-order chi connectivity index (χ1) is 10.6. The molecule has 1 atom stereocenters. The van der Waals surface area contributed by atoms with Crippen LogP contribution in [0.1, 0.15) is 23.7 Å². The lowest BCUT2D eigenvalue weighted by Gasteiger charge is -2.22. The highest BCUT2D eigenvalue weighted by atomic mass is 16.2. The maximum absolute atomic E-state index is 12.7. The standard InChI is InChI=1S/C18H21N3O/c1-18(12-19)7-8-21(13-18)17(22)16-9-15(10-20-11-16)14-5-3-2-4-6-14/h2-6,9-11H,7-8,12-13,19H2,1H3. The van der Waals surface area contributed by atoms with Gasteiger partial charge in [-0.1, -0.05) is 37.3 Å². The van der Waals surface area contributed by atoms with E-state index in [4.69, 9.17) is 5.73 Å². The van der Waals surface area contributed by atoms with E-state index in [9.17, 15) is 4.79 Å². The lowest BCUT2D eigenvalue weighted by molar-refractivity contribution is 0.0776. The number of hydrogen-bond donors (Lipinski definition) is 1. The monoisotopic (exact) mass is 295 g/mol. The first-order valence-electron chi connectivity index (χ1n) is 7.61. The molecule has 0 aliphatic carbocycles. The smallest absolute Gasteiger partial charge is 0.255 e. The van der Waals surface area contributed by atoms with Gasteiger partial charge in [-0.15, -0.1) is 0 Å². The molecule has 22 heavy (non-hydrogen) atoms. The van der Waals surface area contributed by atoms with Crippen LogP contribution in [0.25, 0.3) is 11.1 Å². The number of rotatable bonds is 3. The molecule has 1 aromatic carbocycles. The molecule has 0 bridgehead atoms. The van der Waals surface area contributed by atoms with E-state index < -0.39 is 0 Å². The van der Waals surface area contributed by atoms with Crippen LogP contribution < -0.4 is 5.73 Å². The molecule has 1 unspecified atom stereocenters. The van der Waals surface area contributed by atoms with Crippen LogP contribution in [0.3, 0.4) is 0 Å². The Morgan fingerprint density at radius 3 is 2.73 bits per heavy atom. The zero-order valence-corrected chi connectivity index (χ0v) is 12.8. The number of benzene rings is 1. The molecule has 4 nitrogen and oxygen atoms in total. The highest BCUT2D eigenvalue weighted by Gasteiger charge is 2.35. The lowest BCUT2D eigenvalue weighted by Crippen LogP contribution is -2.34. The molecule has 4 heteroatoms. The number of likely N-dealkylation sites (tertiary alicyclic amines) is 1. The molecule has 114 valence electrons. The summed E-state index contributed by atoms with van der Waals surface area (Å²) >= 11 is 0. The third-order valence-electron chi connectivity index (χ3n) is 4.43. The number of aromatic nitrogens is 1. The number of amides is 1. The average molecular weight is 295 g/mol. The second kappa shape index (κ2) is 5.89. The van der Waals surface area contributed by atoms with Crippen molar-refractivity contribution in [1.82, 2.24) is 9.88 Å². The number of pyridine rings is 1. The topological polar surface area (TPSA) is 59.2 Å². The quantitative estimate of drug-likeness (QED) is 0.946. The van der Waals surface area contributed by atoms with E-state index in [0.717, 1.165) is 30.6 Å². The minimum atomic E-state index is 0.0418. The van der Waals surface area contributed by atoms with Crippen LogP contribution in [-0.2, 0) is 0 Å². The van der Waals surface area contributed by atoms with Gasteiger partial charge in [0.1, 0.15) is 0 Å². The van der Waals surface area contributed by atoms with E-state index in [-0.39, 0.29) is 11.3 Å². The van der Waals surface area contributed by atoms with Gasteiger partial charge in [0.25, 0.3) is 5.91 Å². The number of nitrogens with zero attached hydrogens (tertiary/aromatic N) is 2. The molecule has 1 fully saturated rings. The van der Waals surface area contributed by atoms with E-state index in [1.807, 2.05) is 41.3 Å². The summed E-state index contributed by atoms with van der Waals surface area (Å²) in [7, 11) is 0. The summed E-state index contributed by atoms with van der Waals surface area (Å²) in [6.07, 6.45) is 4.40. The van der Waals surface area contributed by atoms with Crippen molar-refractivity contribution in [3.8, 4) is 11.1 Å². The zero-order valence-electron chi connectivity index (χ0n) is 12.8. The van der Waals surface area contributed by atoms with E-state index in [1.165, 1.54) is 0 Å². The fourth-order valence-corrected chi connectivity index (χ4v) is 2.89. The van der Waals surface area contributed by atoms with Gasteiger partial charge >= 0.3 is 0 Å². The maximum atomic E-state index is 12.7. The van der Waals surface area contributed by atoms with Gasteiger partial charge in [-0.2, -0.15) is 0 Å².